The summed E-state index contributed by atoms with van der Waals surface area (Å²) in [5.74, 6) is -2.29. The lowest BCUT2D eigenvalue weighted by Crippen LogP contribution is -2.25. The van der Waals surface area contributed by atoms with Crippen molar-refractivity contribution in [2.75, 3.05) is 11.9 Å². The quantitative estimate of drug-likeness (QED) is 0.471. The van der Waals surface area contributed by atoms with E-state index < -0.39 is 35.4 Å². The Labute approximate surface area is 156 Å². The van der Waals surface area contributed by atoms with Gasteiger partial charge in [-0.3, -0.25) is 14.9 Å². The zero-order valence-electron chi connectivity index (χ0n) is 14.2. The molecule has 28 heavy (non-hydrogen) atoms. The summed E-state index contributed by atoms with van der Waals surface area (Å²) in [4.78, 5) is 34.4. The summed E-state index contributed by atoms with van der Waals surface area (Å²) in [6, 6.07) is 7.69. The first-order valence-electron chi connectivity index (χ1n) is 7.77. The molecule has 146 valence electrons. The van der Waals surface area contributed by atoms with Crippen molar-refractivity contribution in [1.82, 2.24) is 0 Å². The molecule has 0 fully saturated rings. The number of aryl methyl sites for hydroxylation is 1. The van der Waals surface area contributed by atoms with Gasteiger partial charge in [0, 0.05) is 17.3 Å². The van der Waals surface area contributed by atoms with Gasteiger partial charge < -0.3 is 19.5 Å². The van der Waals surface area contributed by atoms with E-state index in [1.54, 1.807) is 0 Å². The lowest BCUT2D eigenvalue weighted by atomic mass is 10.1. The van der Waals surface area contributed by atoms with Gasteiger partial charge in [-0.15, -0.1) is 8.78 Å². The molecule has 0 atom stereocenters. The van der Waals surface area contributed by atoms with Crippen LogP contribution in [0.25, 0.3) is 0 Å². The van der Waals surface area contributed by atoms with E-state index in [0.29, 0.717) is 0 Å². The molecule has 9 nitrogen and oxygen atoms in total. The van der Waals surface area contributed by atoms with Crippen LogP contribution in [0.4, 0.5) is 20.2 Å². The highest BCUT2D eigenvalue weighted by molar-refractivity contribution is 5.98. The molecule has 0 saturated heterocycles. The van der Waals surface area contributed by atoms with Crippen LogP contribution in [-0.4, -0.2) is 29.7 Å². The number of nitro benzene ring substituents is 1. The molecular formula is C17H12F2N2O7. The normalized spacial score (nSPS) is 13.7. The van der Waals surface area contributed by atoms with Crippen molar-refractivity contribution in [2.45, 2.75) is 13.2 Å². The fraction of sp³-hybridized carbons (Fsp3) is 0.176. The highest BCUT2D eigenvalue weighted by atomic mass is 19.3. The Hall–Kier alpha value is -3.76. The van der Waals surface area contributed by atoms with Gasteiger partial charge in [0.2, 0.25) is 0 Å². The van der Waals surface area contributed by atoms with Crippen molar-refractivity contribution in [3.8, 4) is 11.5 Å². The number of hydrogen-bond acceptors (Lipinski definition) is 7. The number of fused-ring (bicyclic) bond motifs is 1. The number of ether oxygens (including phenoxy) is 3. The van der Waals surface area contributed by atoms with Gasteiger partial charge in [0.1, 0.15) is 5.56 Å². The molecule has 1 N–H and O–H groups in total. The van der Waals surface area contributed by atoms with Crippen LogP contribution in [0.3, 0.4) is 0 Å². The number of amides is 1. The second-order valence-electron chi connectivity index (χ2n) is 5.68. The lowest BCUT2D eigenvalue weighted by molar-refractivity contribution is -0.385. The molecule has 11 heteroatoms. The van der Waals surface area contributed by atoms with Gasteiger partial charge >= 0.3 is 12.3 Å². The third kappa shape index (κ3) is 3.98. The van der Waals surface area contributed by atoms with Crippen molar-refractivity contribution < 1.29 is 37.5 Å². The van der Waals surface area contributed by atoms with Gasteiger partial charge in [0.15, 0.2) is 18.1 Å². The number of rotatable bonds is 5. The Morgan fingerprint density at radius 2 is 1.93 bits per heavy atom. The van der Waals surface area contributed by atoms with E-state index >= 15 is 0 Å². The highest BCUT2D eigenvalue weighted by Gasteiger charge is 2.43. The second-order valence-corrected chi connectivity index (χ2v) is 5.68. The van der Waals surface area contributed by atoms with Gasteiger partial charge in [-0.1, -0.05) is 12.1 Å². The summed E-state index contributed by atoms with van der Waals surface area (Å²) < 4.78 is 39.3. The number of esters is 1. The van der Waals surface area contributed by atoms with Crippen molar-refractivity contribution in [1.29, 1.82) is 0 Å². The van der Waals surface area contributed by atoms with Gasteiger partial charge in [0.05, 0.1) is 4.92 Å². The summed E-state index contributed by atoms with van der Waals surface area (Å²) >= 11 is 0. The first-order valence-corrected chi connectivity index (χ1v) is 7.77. The van der Waals surface area contributed by atoms with Gasteiger partial charge in [-0.05, 0) is 25.1 Å². The minimum atomic E-state index is -3.79. The van der Waals surface area contributed by atoms with Crippen molar-refractivity contribution in [3.63, 3.8) is 0 Å². The number of hydrogen-bond donors (Lipinski definition) is 1. The maximum Gasteiger partial charge on any atom is 0.586 e. The number of alkyl halides is 2. The standard InChI is InChI=1S/C17H12F2N2O7/c1-9-3-2-4-11(15(9)21(24)25)16(23)26-8-14(22)20-10-5-6-12-13(7-10)28-17(18,19)27-12/h2-7H,8H2,1H3,(H,20,22). The van der Waals surface area contributed by atoms with Gasteiger partial charge in [0.25, 0.3) is 11.6 Å². The molecule has 3 rings (SSSR count). The fourth-order valence-electron chi connectivity index (χ4n) is 2.50. The van der Waals surface area contributed by atoms with Crippen molar-refractivity contribution >= 4 is 23.3 Å². The maximum absolute atomic E-state index is 13.0. The molecule has 0 radical (unpaired) electrons. The van der Waals surface area contributed by atoms with Crippen LogP contribution in [0.5, 0.6) is 11.5 Å². The molecule has 1 aliphatic heterocycles. The van der Waals surface area contributed by atoms with Crippen LogP contribution < -0.4 is 14.8 Å². The summed E-state index contributed by atoms with van der Waals surface area (Å²) in [5, 5.41) is 13.4. The zero-order chi connectivity index (χ0) is 20.5. The van der Waals surface area contributed by atoms with Crippen LogP contribution in [0, 0.1) is 17.0 Å². The molecule has 0 bridgehead atoms. The predicted octanol–water partition coefficient (Wildman–Crippen LogP) is 3.02. The highest BCUT2D eigenvalue weighted by Crippen LogP contribution is 2.42. The minimum Gasteiger partial charge on any atom is -0.452 e. The summed E-state index contributed by atoms with van der Waals surface area (Å²) in [7, 11) is 0. The van der Waals surface area contributed by atoms with E-state index in [2.05, 4.69) is 14.8 Å². The largest absolute Gasteiger partial charge is 0.586 e. The number of anilines is 1. The van der Waals surface area contributed by atoms with Gasteiger partial charge in [-0.2, -0.15) is 0 Å². The maximum atomic E-state index is 13.0. The zero-order valence-corrected chi connectivity index (χ0v) is 14.2. The van der Waals surface area contributed by atoms with Crippen LogP contribution >= 0.6 is 0 Å². The molecule has 1 heterocycles. The Bertz CT molecular complexity index is 978. The topological polar surface area (TPSA) is 117 Å². The SMILES string of the molecule is Cc1cccc(C(=O)OCC(=O)Nc2ccc3c(c2)OC(F)(F)O3)c1[N+](=O)[O-]. The van der Waals surface area contributed by atoms with Gasteiger partial charge in [-0.25, -0.2) is 4.79 Å². The number of benzene rings is 2. The number of carbonyl (C=O) groups is 2. The van der Waals surface area contributed by atoms with E-state index in [-0.39, 0.29) is 28.3 Å². The molecule has 0 spiro atoms. The number of nitrogens with one attached hydrogen (secondary N) is 1. The number of nitrogens with zero attached hydrogens (tertiary/aromatic N) is 1. The molecule has 2 aromatic carbocycles. The summed E-state index contributed by atoms with van der Waals surface area (Å²) in [6.07, 6.45) is -3.79. The third-order valence-electron chi connectivity index (χ3n) is 3.66. The van der Waals surface area contributed by atoms with Crippen LogP contribution in [-0.2, 0) is 9.53 Å². The van der Waals surface area contributed by atoms with E-state index in [9.17, 15) is 28.5 Å². The Morgan fingerprint density at radius 3 is 2.64 bits per heavy atom. The van der Waals surface area contributed by atoms with Crippen LogP contribution in [0.15, 0.2) is 36.4 Å². The third-order valence-corrected chi connectivity index (χ3v) is 3.66. The lowest BCUT2D eigenvalue weighted by Gasteiger charge is -2.08. The number of nitro groups is 1. The smallest absolute Gasteiger partial charge is 0.452 e. The van der Waals surface area contributed by atoms with Crippen molar-refractivity contribution in [3.05, 3.63) is 57.6 Å². The number of halogens is 2. The second kappa shape index (κ2) is 7.10. The molecule has 0 aliphatic carbocycles. The molecule has 1 amide bonds. The average molecular weight is 394 g/mol. The first-order chi connectivity index (χ1) is 13.2. The van der Waals surface area contributed by atoms with Crippen LogP contribution in [0.1, 0.15) is 15.9 Å². The summed E-state index contributed by atoms with van der Waals surface area (Å²) in [6.45, 7) is 0.722. The summed E-state index contributed by atoms with van der Waals surface area (Å²) in [5.41, 5.74) is -0.337. The first kappa shape index (κ1) is 19.0. The molecule has 2 aromatic rings. The minimum absolute atomic E-state index is 0.0997. The molecule has 1 aliphatic rings. The molecule has 0 aromatic heterocycles. The fourth-order valence-corrected chi connectivity index (χ4v) is 2.50. The van der Waals surface area contributed by atoms with E-state index in [1.807, 2.05) is 0 Å². The monoisotopic (exact) mass is 394 g/mol. The number of para-hydroxylation sites is 1. The molecular weight excluding hydrogens is 382 g/mol. The van der Waals surface area contributed by atoms with E-state index in [0.717, 1.165) is 6.07 Å². The Morgan fingerprint density at radius 1 is 1.21 bits per heavy atom. The van der Waals surface area contributed by atoms with E-state index in [4.69, 9.17) is 4.74 Å². The van der Waals surface area contributed by atoms with Crippen LogP contribution in [0.2, 0.25) is 0 Å². The van der Waals surface area contributed by atoms with Crippen molar-refractivity contribution in [2.24, 2.45) is 0 Å². The Balaban J connectivity index is 1.62. The Kier molecular flexibility index (Phi) is 4.82. The molecule has 0 unspecified atom stereocenters. The number of carbonyl (C=O) groups excluding carboxylic acids is 2. The van der Waals surface area contributed by atoms with E-state index in [1.165, 1.54) is 37.3 Å². The molecule has 0 saturated carbocycles. The predicted molar refractivity (Wildman–Crippen MR) is 89.4 cm³/mol. The average Bonchev–Trinajstić information content (AvgIpc) is 2.92.